The van der Waals surface area contributed by atoms with Crippen molar-refractivity contribution in [1.29, 1.82) is 0 Å². The van der Waals surface area contributed by atoms with E-state index in [4.69, 9.17) is 33.9 Å². The molecule has 3 rings (SSSR count). The van der Waals surface area contributed by atoms with Crippen LogP contribution in [-0.4, -0.2) is 64.3 Å². The number of carbonyl (C=O) groups is 2. The number of ketones is 1. The lowest BCUT2D eigenvalue weighted by Crippen LogP contribution is -2.38. The fourth-order valence-corrected chi connectivity index (χ4v) is 3.98. The van der Waals surface area contributed by atoms with Gasteiger partial charge in [-0.1, -0.05) is 23.7 Å². The molecule has 1 atom stereocenters. The number of carboxylic acid groups (broad SMARTS) is 1. The first-order valence-electron chi connectivity index (χ1n) is 10.4. The van der Waals surface area contributed by atoms with Crippen LogP contribution in [0.4, 0.5) is 4.39 Å². The van der Waals surface area contributed by atoms with Gasteiger partial charge < -0.3 is 14.9 Å². The monoisotopic (exact) mass is 545 g/mol. The summed E-state index contributed by atoms with van der Waals surface area (Å²) in [6.45, 7) is 3.37. The number of hydrogen-bond acceptors (Lipinski definition) is 7. The summed E-state index contributed by atoms with van der Waals surface area (Å²) in [6, 6.07) is 7.06. The molecule has 0 saturated heterocycles. The van der Waals surface area contributed by atoms with Gasteiger partial charge in [0.2, 0.25) is 0 Å². The minimum Gasteiger partial charge on any atom is -0.496 e. The molecule has 10 nitrogen and oxygen atoms in total. The van der Waals surface area contributed by atoms with E-state index in [1.807, 2.05) is 13.8 Å². The average molecular weight is 546 g/mol. The van der Waals surface area contributed by atoms with Gasteiger partial charge in [0.1, 0.15) is 17.1 Å². The Morgan fingerprint density at radius 3 is 2.33 bits per heavy atom. The molecule has 1 unspecified atom stereocenters. The van der Waals surface area contributed by atoms with Crippen LogP contribution in [0.15, 0.2) is 42.0 Å². The van der Waals surface area contributed by atoms with E-state index in [0.29, 0.717) is 22.4 Å². The molecule has 36 heavy (non-hydrogen) atoms. The summed E-state index contributed by atoms with van der Waals surface area (Å²) in [5.74, 6) is -2.13. The molecule has 0 heterocycles. The molecule has 0 aliphatic heterocycles. The molecule has 0 amide bonds. The molecule has 196 valence electrons. The lowest BCUT2D eigenvalue weighted by Gasteiger charge is -2.35. The molecule has 0 radical (unpaired) electrons. The molecule has 0 aromatic heterocycles. The van der Waals surface area contributed by atoms with E-state index in [2.05, 4.69) is 0 Å². The fraction of sp³-hybridized carbons (Fsp3) is 0.304. The van der Waals surface area contributed by atoms with E-state index < -0.39 is 34.0 Å². The minimum absolute atomic E-state index is 0.0165. The number of aliphatic hydroxyl groups excluding tert-OH is 1. The van der Waals surface area contributed by atoms with Crippen molar-refractivity contribution in [1.82, 2.24) is 4.90 Å². The fourth-order valence-electron chi connectivity index (χ4n) is 3.78. The molecule has 0 spiro atoms. The summed E-state index contributed by atoms with van der Waals surface area (Å²) in [7, 11) is -3.20. The van der Waals surface area contributed by atoms with Crippen molar-refractivity contribution in [2.24, 2.45) is 0 Å². The zero-order valence-electron chi connectivity index (χ0n) is 19.5. The van der Waals surface area contributed by atoms with Gasteiger partial charge in [0, 0.05) is 18.0 Å². The smallest absolute Gasteiger partial charge is 0.394 e. The van der Waals surface area contributed by atoms with E-state index >= 15 is 0 Å². The second-order valence-corrected chi connectivity index (χ2v) is 9.30. The predicted octanol–water partition coefficient (Wildman–Crippen LogP) is 3.33. The number of aliphatic hydroxyl groups is 1. The van der Waals surface area contributed by atoms with Gasteiger partial charge in [0.25, 0.3) is 0 Å². The van der Waals surface area contributed by atoms with Gasteiger partial charge in [-0.15, -0.1) is 0 Å². The van der Waals surface area contributed by atoms with Crippen molar-refractivity contribution in [3.63, 3.8) is 0 Å². The zero-order chi connectivity index (χ0) is 27.4. The second kappa shape index (κ2) is 11.9. The van der Waals surface area contributed by atoms with Crippen LogP contribution in [0.2, 0.25) is 5.02 Å². The third-order valence-electron chi connectivity index (χ3n) is 5.41. The number of aliphatic carboxylic acids is 1. The van der Waals surface area contributed by atoms with Crippen LogP contribution in [0.5, 0.6) is 5.75 Å². The highest BCUT2D eigenvalue weighted by Gasteiger charge is 2.35. The van der Waals surface area contributed by atoms with Gasteiger partial charge in [0.15, 0.2) is 5.78 Å². The lowest BCUT2D eigenvalue weighted by molar-refractivity contribution is -0.132. The predicted molar refractivity (Wildman–Crippen MR) is 128 cm³/mol. The molecule has 2 aromatic carbocycles. The second-order valence-electron chi connectivity index (χ2n) is 8.00. The first-order valence-corrected chi connectivity index (χ1v) is 12.2. The van der Waals surface area contributed by atoms with Crippen LogP contribution in [-0.2, 0) is 21.6 Å². The van der Waals surface area contributed by atoms with E-state index in [9.17, 15) is 24.2 Å². The highest BCUT2D eigenvalue weighted by Crippen LogP contribution is 2.38. The van der Waals surface area contributed by atoms with Crippen LogP contribution in [0.3, 0.4) is 0 Å². The van der Waals surface area contributed by atoms with Crippen LogP contribution < -0.4 is 4.74 Å². The highest BCUT2D eigenvalue weighted by molar-refractivity contribution is 7.79. The molecular formula is C23H25ClFNO9S. The van der Waals surface area contributed by atoms with Gasteiger partial charge in [-0.25, -0.2) is 9.18 Å². The van der Waals surface area contributed by atoms with Crippen LogP contribution in [0.25, 0.3) is 0 Å². The molecule has 13 heteroatoms. The molecule has 0 fully saturated rings. The standard InChI is InChI=1S/C23H23ClFNO5.H2O4S/c1-12(2)26(11-27)19-9-17(23(29)30)22(28)16-8-14(20(31-3)10-15(16)19)7-13-5-4-6-18(24)21(13)25;1-5(2,3)4/h4-6,8-10,12,19,27H,7,11H2,1-3H3,(H,29,30);(H2,1,2,3,4). The number of methoxy groups -OCH3 is 1. The lowest BCUT2D eigenvalue weighted by atomic mass is 9.84. The molecule has 1 aliphatic rings. The summed E-state index contributed by atoms with van der Waals surface area (Å²) in [4.78, 5) is 26.3. The van der Waals surface area contributed by atoms with Crippen molar-refractivity contribution < 1.29 is 46.5 Å². The maximum Gasteiger partial charge on any atom is 0.394 e. The quantitative estimate of drug-likeness (QED) is 0.230. The first kappa shape index (κ1) is 29.4. The number of Topliss-reactive ketones (excluding diaryl/α,β-unsaturated/α-hetero) is 1. The molecular weight excluding hydrogens is 521 g/mol. The zero-order valence-corrected chi connectivity index (χ0v) is 21.0. The number of fused-ring (bicyclic) bond motifs is 1. The van der Waals surface area contributed by atoms with E-state index in [1.165, 1.54) is 25.3 Å². The first-order chi connectivity index (χ1) is 16.7. The Bertz CT molecular complexity index is 1290. The Morgan fingerprint density at radius 1 is 1.22 bits per heavy atom. The number of carboxylic acids is 1. The summed E-state index contributed by atoms with van der Waals surface area (Å²) in [5.41, 5.74) is 1.16. The van der Waals surface area contributed by atoms with Crippen molar-refractivity contribution in [2.45, 2.75) is 32.4 Å². The van der Waals surface area contributed by atoms with Gasteiger partial charge in [0.05, 0.1) is 24.9 Å². The summed E-state index contributed by atoms with van der Waals surface area (Å²) >= 11 is 5.88. The topological polar surface area (TPSA) is 162 Å². The molecule has 2 aromatic rings. The SMILES string of the molecule is COc1cc2c(cc1Cc1cccc(Cl)c1F)C(=O)C(C(=O)O)=CC2N(CO)C(C)C.O=S(=O)(O)O. The number of ether oxygens (including phenoxy) is 1. The Kier molecular flexibility index (Phi) is 9.71. The largest absolute Gasteiger partial charge is 0.496 e. The molecule has 0 bridgehead atoms. The number of rotatable bonds is 7. The molecule has 0 saturated carbocycles. The number of benzene rings is 2. The number of hydrogen-bond donors (Lipinski definition) is 4. The van der Waals surface area contributed by atoms with Gasteiger partial charge in [-0.2, -0.15) is 8.42 Å². The van der Waals surface area contributed by atoms with Crippen LogP contribution >= 0.6 is 11.6 Å². The maximum absolute atomic E-state index is 14.4. The van der Waals surface area contributed by atoms with Crippen molar-refractivity contribution >= 4 is 33.8 Å². The highest BCUT2D eigenvalue weighted by atomic mass is 35.5. The molecule has 4 N–H and O–H groups in total. The van der Waals surface area contributed by atoms with Crippen molar-refractivity contribution in [2.75, 3.05) is 13.8 Å². The summed E-state index contributed by atoms with van der Waals surface area (Å²) in [5, 5.41) is 19.4. The third kappa shape index (κ3) is 7.09. The third-order valence-corrected chi connectivity index (χ3v) is 5.70. The van der Waals surface area contributed by atoms with Crippen LogP contribution in [0, 0.1) is 5.82 Å². The van der Waals surface area contributed by atoms with Gasteiger partial charge in [-0.05, 0) is 54.8 Å². The Hall–Kier alpha value is -2.87. The normalized spacial score (nSPS) is 15.2. The summed E-state index contributed by atoms with van der Waals surface area (Å²) in [6.07, 6.45) is 1.44. The Morgan fingerprint density at radius 2 is 1.83 bits per heavy atom. The van der Waals surface area contributed by atoms with Crippen LogP contribution in [0.1, 0.15) is 46.9 Å². The maximum atomic E-state index is 14.4. The Balaban J connectivity index is 0.000000830. The molecule has 1 aliphatic carbocycles. The van der Waals surface area contributed by atoms with Crippen molar-refractivity contribution in [3.05, 3.63) is 75.1 Å². The number of nitrogens with zero attached hydrogens (tertiary/aromatic N) is 1. The van der Waals surface area contributed by atoms with E-state index in [-0.39, 0.29) is 35.4 Å². The van der Waals surface area contributed by atoms with E-state index in [0.717, 1.165) is 0 Å². The average Bonchev–Trinajstić information content (AvgIpc) is 2.77. The number of carbonyl (C=O) groups excluding carboxylic acids is 1. The minimum atomic E-state index is -4.67. The van der Waals surface area contributed by atoms with Gasteiger partial charge in [-0.3, -0.25) is 18.8 Å². The number of halogens is 2. The van der Waals surface area contributed by atoms with Crippen molar-refractivity contribution in [3.8, 4) is 5.75 Å². The summed E-state index contributed by atoms with van der Waals surface area (Å²) < 4.78 is 51.5. The van der Waals surface area contributed by atoms with Gasteiger partial charge >= 0.3 is 16.4 Å². The van der Waals surface area contributed by atoms with E-state index in [1.54, 1.807) is 23.1 Å². The Labute approximate surface area is 212 Å².